The highest BCUT2D eigenvalue weighted by Crippen LogP contribution is 2.58. The van der Waals surface area contributed by atoms with Crippen LogP contribution in [0.3, 0.4) is 0 Å². The Kier molecular flexibility index (Phi) is 9.44. The van der Waals surface area contributed by atoms with Crippen molar-refractivity contribution in [3.63, 3.8) is 0 Å². The van der Waals surface area contributed by atoms with Crippen molar-refractivity contribution in [3.05, 3.63) is 235 Å². The minimum atomic E-state index is -1.63. The molecule has 0 unspecified atom stereocenters. The van der Waals surface area contributed by atoms with Crippen LogP contribution in [0.4, 0.5) is 17.1 Å². The molecular weight excluding hydrogens is 843 g/mol. The van der Waals surface area contributed by atoms with Crippen molar-refractivity contribution in [1.82, 2.24) is 9.55 Å². The van der Waals surface area contributed by atoms with E-state index in [1.165, 1.54) is 87.1 Å². The molecule has 9 aromatic carbocycles. The van der Waals surface area contributed by atoms with Crippen LogP contribution in [0.25, 0.3) is 60.2 Å². The first-order valence-corrected chi connectivity index (χ1v) is 30.6. The predicted octanol–water partition coefficient (Wildman–Crippen LogP) is 15.4. The van der Waals surface area contributed by atoms with Gasteiger partial charge in [0.05, 0.1) is 32.6 Å². The smallest absolute Gasteiger partial charge is 0.0776 e. The molecule has 1 aliphatic rings. The third-order valence-electron chi connectivity index (χ3n) is 14.4. The Morgan fingerprint density at radius 1 is 0.418 bits per heavy atom. The van der Waals surface area contributed by atoms with Crippen molar-refractivity contribution < 1.29 is 0 Å². The minimum absolute atomic E-state index is 0.600. The Balaban J connectivity index is 1.14. The largest absolute Gasteiger partial charge is 0.310 e. The summed E-state index contributed by atoms with van der Waals surface area (Å²) in [5.41, 5.74) is 13.9. The van der Waals surface area contributed by atoms with E-state index in [0.717, 1.165) is 22.7 Å². The van der Waals surface area contributed by atoms with E-state index in [1.54, 1.807) is 0 Å². The number of para-hydroxylation sites is 1. The lowest BCUT2D eigenvalue weighted by Gasteiger charge is -2.35. The van der Waals surface area contributed by atoms with Gasteiger partial charge in [-0.25, -0.2) is 0 Å². The van der Waals surface area contributed by atoms with Crippen LogP contribution in [-0.4, -0.2) is 25.7 Å². The molecule has 0 fully saturated rings. The summed E-state index contributed by atoms with van der Waals surface area (Å²) in [7, 11) is -3.09. The van der Waals surface area contributed by atoms with E-state index in [9.17, 15) is 0 Å². The summed E-state index contributed by atoms with van der Waals surface area (Å²) in [6.45, 7) is 14.6. The molecule has 0 atom stereocenters. The number of rotatable bonds is 9. The maximum Gasteiger partial charge on any atom is 0.0776 e. The summed E-state index contributed by atoms with van der Waals surface area (Å²) in [6.07, 6.45) is 3.83. The van der Waals surface area contributed by atoms with Crippen molar-refractivity contribution in [2.24, 2.45) is 0 Å². The van der Waals surface area contributed by atoms with Gasteiger partial charge in [-0.2, -0.15) is 0 Å². The van der Waals surface area contributed by atoms with Crippen LogP contribution < -0.4 is 15.3 Å². The molecule has 2 aromatic heterocycles. The zero-order chi connectivity index (χ0) is 45.7. The fourth-order valence-corrected chi connectivity index (χ4v) is 13.4. The molecule has 12 rings (SSSR count). The van der Waals surface area contributed by atoms with Crippen molar-refractivity contribution in [3.8, 4) is 16.8 Å². The number of fused-ring (bicyclic) bond motifs is 3. The molecule has 1 aliphatic carbocycles. The number of benzene rings is 9. The first-order chi connectivity index (χ1) is 32.5. The summed E-state index contributed by atoms with van der Waals surface area (Å²) >= 11 is 0. The van der Waals surface area contributed by atoms with Gasteiger partial charge in [-0.3, -0.25) is 4.98 Å². The van der Waals surface area contributed by atoms with E-state index >= 15 is 0 Å². The van der Waals surface area contributed by atoms with Crippen molar-refractivity contribution >= 4 is 86.9 Å². The van der Waals surface area contributed by atoms with Gasteiger partial charge in [0.1, 0.15) is 0 Å². The lowest BCUT2D eigenvalue weighted by Crippen LogP contribution is -2.37. The average molecular weight is 896 g/mol. The van der Waals surface area contributed by atoms with Gasteiger partial charge in [0.25, 0.3) is 0 Å². The molecule has 67 heavy (non-hydrogen) atoms. The van der Waals surface area contributed by atoms with Crippen LogP contribution in [0.15, 0.2) is 213 Å². The van der Waals surface area contributed by atoms with E-state index in [4.69, 9.17) is 0 Å². The fourth-order valence-electron chi connectivity index (χ4n) is 11.1. The second-order valence-corrected chi connectivity index (χ2v) is 30.6. The number of nitrogens with zero attached hydrogens (tertiary/aromatic N) is 3. The third-order valence-corrected chi connectivity index (χ3v) is 18.5. The Labute approximate surface area is 395 Å². The molecule has 3 nitrogen and oxygen atoms in total. The lowest BCUT2D eigenvalue weighted by atomic mass is 9.67. The molecule has 0 N–H and O–H groups in total. The van der Waals surface area contributed by atoms with Crippen LogP contribution in [0, 0.1) is 0 Å². The maximum absolute atomic E-state index is 4.52. The quantitative estimate of drug-likeness (QED) is 0.106. The Morgan fingerprint density at radius 2 is 0.955 bits per heavy atom. The van der Waals surface area contributed by atoms with Crippen LogP contribution in [-0.2, 0) is 5.41 Å². The average Bonchev–Trinajstić information content (AvgIpc) is 3.84. The highest BCUT2D eigenvalue weighted by atomic mass is 28.3. The van der Waals surface area contributed by atoms with Crippen LogP contribution >= 0.6 is 0 Å². The van der Waals surface area contributed by atoms with E-state index in [0.29, 0.717) is 0 Å². The van der Waals surface area contributed by atoms with E-state index in [1.807, 2.05) is 12.4 Å². The van der Waals surface area contributed by atoms with E-state index < -0.39 is 21.6 Å². The number of aromatic nitrogens is 2. The monoisotopic (exact) mass is 895 g/mol. The Bertz CT molecular complexity index is 3640. The molecule has 0 saturated carbocycles. The molecule has 5 heteroatoms. The zero-order valence-electron chi connectivity index (χ0n) is 39.0. The van der Waals surface area contributed by atoms with Gasteiger partial charge in [-0.05, 0) is 128 Å². The highest BCUT2D eigenvalue weighted by Gasteiger charge is 2.46. The summed E-state index contributed by atoms with van der Waals surface area (Å²) in [4.78, 5) is 6.97. The molecule has 324 valence electrons. The second-order valence-electron chi connectivity index (χ2n) is 20.5. The van der Waals surface area contributed by atoms with E-state index in [2.05, 4.69) is 254 Å². The summed E-state index contributed by atoms with van der Waals surface area (Å²) in [6, 6.07) is 75.8. The second kappa shape index (κ2) is 15.4. The normalized spacial score (nSPS) is 13.3. The third kappa shape index (κ3) is 6.55. The van der Waals surface area contributed by atoms with Gasteiger partial charge in [-0.1, -0.05) is 177 Å². The molecule has 0 amide bonds. The number of anilines is 3. The van der Waals surface area contributed by atoms with Gasteiger partial charge in [-0.15, -0.1) is 0 Å². The maximum atomic E-state index is 4.52. The standard InChI is InChI=1S/C62H53N3Si2/c1-66(2,3)52-27-24-42(25-28-52)45-36-43-22-23-44-37-51(40-57-61(44)60(43)56(38-45)62(57,46-16-10-7-11-17-46)47-18-12-8-13-19-47)64(49-32-34-63-35-33-49)50-26-30-58-54(39-50)55-41-53(67(4,5)6)29-31-59(55)65(58)48-20-14-9-15-21-48/h7-41H,1-6H3. The SMILES string of the molecule is C[Si](C)(C)c1ccc(-c2cc3c4c(ccc5cc(N(c6ccncc6)c6ccc7c(c6)c6cc([Si](C)(C)C)ccc6n7-c6ccccc6)cc(c54)C3(c3ccccc3)c3ccccc3)c2)cc1. The van der Waals surface area contributed by atoms with Gasteiger partial charge >= 0.3 is 0 Å². The van der Waals surface area contributed by atoms with Crippen molar-refractivity contribution in [2.45, 2.75) is 44.7 Å². The Hall–Kier alpha value is -7.32. The first kappa shape index (κ1) is 41.1. The topological polar surface area (TPSA) is 21.1 Å². The van der Waals surface area contributed by atoms with Gasteiger partial charge in [0.2, 0.25) is 0 Å². The van der Waals surface area contributed by atoms with Crippen molar-refractivity contribution in [2.75, 3.05) is 4.90 Å². The molecule has 0 bridgehead atoms. The number of hydrogen-bond acceptors (Lipinski definition) is 2. The molecule has 0 radical (unpaired) electrons. The minimum Gasteiger partial charge on any atom is -0.310 e. The predicted molar refractivity (Wildman–Crippen MR) is 292 cm³/mol. The number of hydrogen-bond donors (Lipinski definition) is 0. The van der Waals surface area contributed by atoms with Crippen LogP contribution in [0.2, 0.25) is 39.3 Å². The molecule has 0 saturated heterocycles. The van der Waals surface area contributed by atoms with Crippen LogP contribution in [0.5, 0.6) is 0 Å². The van der Waals surface area contributed by atoms with E-state index in [-0.39, 0.29) is 0 Å². The summed E-state index contributed by atoms with van der Waals surface area (Å²) < 4.78 is 2.43. The fraction of sp³-hybridized carbons (Fsp3) is 0.113. The summed E-state index contributed by atoms with van der Waals surface area (Å²) in [5.74, 6) is 0. The Morgan fingerprint density at radius 3 is 1.57 bits per heavy atom. The van der Waals surface area contributed by atoms with Gasteiger partial charge in [0, 0.05) is 45.9 Å². The summed E-state index contributed by atoms with van der Waals surface area (Å²) in [5, 5.41) is 10.6. The van der Waals surface area contributed by atoms with Crippen molar-refractivity contribution in [1.29, 1.82) is 0 Å². The van der Waals surface area contributed by atoms with Gasteiger partial charge in [0.15, 0.2) is 0 Å². The van der Waals surface area contributed by atoms with Gasteiger partial charge < -0.3 is 9.47 Å². The lowest BCUT2D eigenvalue weighted by molar-refractivity contribution is 0.771. The molecular formula is C62H53N3Si2. The first-order valence-electron chi connectivity index (χ1n) is 23.6. The highest BCUT2D eigenvalue weighted by molar-refractivity contribution is 6.89. The zero-order valence-corrected chi connectivity index (χ0v) is 41.0. The molecule has 11 aromatic rings. The number of pyridine rings is 1. The molecule has 0 aliphatic heterocycles. The molecule has 0 spiro atoms. The van der Waals surface area contributed by atoms with Crippen LogP contribution in [0.1, 0.15) is 22.3 Å². The molecule has 2 heterocycles.